The Morgan fingerprint density at radius 1 is 1.41 bits per heavy atom. The molecule has 0 aromatic heterocycles. The van der Waals surface area contributed by atoms with Crippen molar-refractivity contribution in [2.75, 3.05) is 11.2 Å². The summed E-state index contributed by atoms with van der Waals surface area (Å²) in [6, 6.07) is 8.85. The van der Waals surface area contributed by atoms with Crippen molar-refractivity contribution >= 4 is 26.4 Å². The Morgan fingerprint density at radius 2 is 2.06 bits per heavy atom. The fourth-order valence-electron chi connectivity index (χ4n) is 1.47. The van der Waals surface area contributed by atoms with Gasteiger partial charge in [0.2, 0.25) is 5.91 Å². The van der Waals surface area contributed by atoms with Gasteiger partial charge in [-0.05, 0) is 24.1 Å². The predicted octanol–water partition coefficient (Wildman–Crippen LogP) is 1.71. The average molecular weight is 252 g/mol. The molecule has 0 saturated heterocycles. The molecule has 0 aliphatic rings. The third-order valence-electron chi connectivity index (χ3n) is 2.45. The van der Waals surface area contributed by atoms with Crippen LogP contribution in [-0.4, -0.2) is 18.5 Å². The highest BCUT2D eigenvalue weighted by molar-refractivity contribution is 7.56. The van der Waals surface area contributed by atoms with E-state index >= 15 is 0 Å². The number of nitrogens with zero attached hydrogens (tertiary/aromatic N) is 1. The summed E-state index contributed by atoms with van der Waals surface area (Å²) in [6.07, 6.45) is 1.24. The lowest BCUT2D eigenvalue weighted by atomic mass is 10.1. The van der Waals surface area contributed by atoms with Crippen LogP contribution in [0.15, 0.2) is 24.3 Å². The van der Waals surface area contributed by atoms with E-state index in [1.54, 1.807) is 0 Å². The Kier molecular flexibility index (Phi) is 5.64. The van der Waals surface area contributed by atoms with Crippen LogP contribution in [-0.2, 0) is 16.0 Å². The molecule has 1 aromatic carbocycles. The van der Waals surface area contributed by atoms with Gasteiger partial charge in [0.15, 0.2) is 6.03 Å². The maximum Gasteiger partial charge on any atom is 0.219 e. The van der Waals surface area contributed by atoms with Gasteiger partial charge in [-0.25, -0.2) is 0 Å². The van der Waals surface area contributed by atoms with Crippen molar-refractivity contribution in [2.45, 2.75) is 19.8 Å². The lowest BCUT2D eigenvalue weighted by Gasteiger charge is -2.21. The molecule has 1 amide bonds. The number of rotatable bonds is 7. The molecule has 0 radical (unpaired) electrons. The Bertz CT molecular complexity index is 379. The van der Waals surface area contributed by atoms with Gasteiger partial charge in [0.05, 0.1) is 0 Å². The third kappa shape index (κ3) is 4.53. The van der Waals surface area contributed by atoms with E-state index in [0.717, 1.165) is 18.1 Å². The molecule has 0 heterocycles. The summed E-state index contributed by atoms with van der Waals surface area (Å²) in [5.74, 6) is -0.351. The Morgan fingerprint density at radius 3 is 2.53 bits per heavy atom. The first-order chi connectivity index (χ1) is 8.17. The van der Waals surface area contributed by atoms with E-state index < -0.39 is 0 Å². The first kappa shape index (κ1) is 13.7. The zero-order valence-electron chi connectivity index (χ0n) is 9.85. The number of carbonyl (C=O) groups excluding carboxylic acids is 2. The zero-order chi connectivity index (χ0) is 12.7. The molecular formula is C12H17N2O2P. The van der Waals surface area contributed by atoms with E-state index in [2.05, 4.69) is 6.92 Å². The second-order valence-corrected chi connectivity index (χ2v) is 4.67. The van der Waals surface area contributed by atoms with Crippen LogP contribution in [0.2, 0.25) is 0 Å². The average Bonchev–Trinajstić information content (AvgIpc) is 2.34. The first-order valence-corrected chi connectivity index (χ1v) is 6.54. The monoisotopic (exact) mass is 252 g/mol. The van der Waals surface area contributed by atoms with Gasteiger partial charge in [-0.2, -0.15) is 0 Å². The molecule has 0 aliphatic heterocycles. The summed E-state index contributed by atoms with van der Waals surface area (Å²) in [7, 11) is 0.0254. The van der Waals surface area contributed by atoms with Gasteiger partial charge in [0.25, 0.3) is 0 Å². The Balaban J connectivity index is 2.73. The zero-order valence-corrected chi connectivity index (χ0v) is 10.8. The fraction of sp³-hybridized carbons (Fsp3) is 0.333. The smallest absolute Gasteiger partial charge is 0.219 e. The lowest BCUT2D eigenvalue weighted by Crippen LogP contribution is -2.21. The topological polar surface area (TPSA) is 63.4 Å². The molecule has 17 heavy (non-hydrogen) atoms. The number of amides is 1. The van der Waals surface area contributed by atoms with Crippen molar-refractivity contribution in [1.29, 1.82) is 0 Å². The van der Waals surface area contributed by atoms with Crippen molar-refractivity contribution < 1.29 is 9.59 Å². The summed E-state index contributed by atoms with van der Waals surface area (Å²) in [4.78, 5) is 21.4. The van der Waals surface area contributed by atoms with Crippen molar-refractivity contribution in [3.8, 4) is 0 Å². The van der Waals surface area contributed by atoms with Crippen LogP contribution in [0.25, 0.3) is 0 Å². The fourth-order valence-corrected chi connectivity index (χ4v) is 2.13. The summed E-state index contributed by atoms with van der Waals surface area (Å²) >= 11 is 0. The number of hydrogen-bond donors (Lipinski definition) is 1. The number of aryl methyl sites for hydroxylation is 1. The maximum atomic E-state index is 10.8. The molecule has 1 rings (SSSR count). The van der Waals surface area contributed by atoms with Crippen LogP contribution in [0.4, 0.5) is 5.69 Å². The van der Waals surface area contributed by atoms with E-state index in [-0.39, 0.29) is 21.1 Å². The normalized spacial score (nSPS) is 10.6. The third-order valence-corrected chi connectivity index (χ3v) is 3.35. The SMILES string of the molecule is CCc1ccc(N(CCC(N)=O)PC=O)cc1. The lowest BCUT2D eigenvalue weighted by molar-refractivity contribution is -0.117. The Hall–Kier alpha value is -1.41. The highest BCUT2D eigenvalue weighted by atomic mass is 31.1. The van der Waals surface area contributed by atoms with Crippen LogP contribution in [0, 0.1) is 0 Å². The van der Waals surface area contributed by atoms with Gasteiger partial charge in [-0.3, -0.25) is 9.59 Å². The maximum absolute atomic E-state index is 10.8. The van der Waals surface area contributed by atoms with E-state index in [9.17, 15) is 9.59 Å². The van der Waals surface area contributed by atoms with Gasteiger partial charge >= 0.3 is 0 Å². The number of anilines is 1. The van der Waals surface area contributed by atoms with Crippen LogP contribution in [0.1, 0.15) is 18.9 Å². The van der Waals surface area contributed by atoms with Crippen LogP contribution >= 0.6 is 8.73 Å². The summed E-state index contributed by atoms with van der Waals surface area (Å²) in [5, 5.41) is 0. The quantitative estimate of drug-likeness (QED) is 0.593. The molecule has 1 unspecified atom stereocenters. The second-order valence-electron chi connectivity index (χ2n) is 3.63. The Labute approximate surface area is 103 Å². The van der Waals surface area contributed by atoms with Gasteiger partial charge in [-0.15, -0.1) is 0 Å². The van der Waals surface area contributed by atoms with E-state index in [4.69, 9.17) is 5.73 Å². The van der Waals surface area contributed by atoms with Gasteiger partial charge in [0.1, 0.15) is 0 Å². The summed E-state index contributed by atoms with van der Waals surface area (Å²) in [5.41, 5.74) is 7.31. The minimum atomic E-state index is -0.351. The number of hydrogen-bond acceptors (Lipinski definition) is 3. The van der Waals surface area contributed by atoms with E-state index in [1.807, 2.05) is 28.9 Å². The standard InChI is InChI=1S/C12H17N2O2P/c1-2-10-3-5-11(6-4-10)14(17-9-15)8-7-12(13)16/h3-6,9,17H,2,7-8H2,1H3,(H2,13,16). The van der Waals surface area contributed by atoms with Crippen LogP contribution < -0.4 is 10.4 Å². The second kappa shape index (κ2) is 7.02. The number of carbonyl (C=O) groups is 2. The van der Waals surface area contributed by atoms with Crippen molar-refractivity contribution in [1.82, 2.24) is 0 Å². The van der Waals surface area contributed by atoms with Crippen molar-refractivity contribution in [2.24, 2.45) is 5.73 Å². The molecule has 5 heteroatoms. The molecule has 92 valence electrons. The molecule has 0 aliphatic carbocycles. The molecule has 0 spiro atoms. The predicted molar refractivity (Wildman–Crippen MR) is 72.0 cm³/mol. The van der Waals surface area contributed by atoms with Gasteiger partial charge in [0, 0.05) is 27.4 Å². The highest BCUT2D eigenvalue weighted by Crippen LogP contribution is 2.25. The van der Waals surface area contributed by atoms with E-state index in [1.165, 1.54) is 5.56 Å². The summed E-state index contributed by atoms with van der Waals surface area (Å²) < 4.78 is 1.87. The molecule has 1 aromatic rings. The van der Waals surface area contributed by atoms with Crippen molar-refractivity contribution in [3.05, 3.63) is 29.8 Å². The largest absolute Gasteiger partial charge is 0.370 e. The molecule has 0 bridgehead atoms. The van der Waals surface area contributed by atoms with Crippen LogP contribution in [0.5, 0.6) is 0 Å². The van der Waals surface area contributed by atoms with Gasteiger partial charge < -0.3 is 10.4 Å². The summed E-state index contributed by atoms with van der Waals surface area (Å²) in [6.45, 7) is 2.57. The molecule has 1 atom stereocenters. The molecule has 4 nitrogen and oxygen atoms in total. The van der Waals surface area contributed by atoms with Crippen molar-refractivity contribution in [3.63, 3.8) is 0 Å². The minimum Gasteiger partial charge on any atom is -0.370 e. The van der Waals surface area contributed by atoms with Crippen LogP contribution in [0.3, 0.4) is 0 Å². The molecule has 0 fully saturated rings. The van der Waals surface area contributed by atoms with Gasteiger partial charge in [-0.1, -0.05) is 19.1 Å². The minimum absolute atomic E-state index is 0.0254. The molecule has 2 N–H and O–H groups in total. The molecule has 0 saturated carbocycles. The number of benzene rings is 1. The van der Waals surface area contributed by atoms with E-state index in [0.29, 0.717) is 6.54 Å². The molecular weight excluding hydrogens is 235 g/mol. The number of primary amides is 1. The number of nitrogens with two attached hydrogens (primary N) is 1. The highest BCUT2D eigenvalue weighted by Gasteiger charge is 2.07. The first-order valence-electron chi connectivity index (χ1n) is 5.52.